The lowest BCUT2D eigenvalue weighted by molar-refractivity contribution is 0.0415. The highest BCUT2D eigenvalue weighted by molar-refractivity contribution is 5.59. The summed E-state index contributed by atoms with van der Waals surface area (Å²) in [5.41, 5.74) is 0. The van der Waals surface area contributed by atoms with Crippen LogP contribution in [0.3, 0.4) is 0 Å². The van der Waals surface area contributed by atoms with Crippen molar-refractivity contribution in [2.24, 2.45) is 5.92 Å². The molecule has 1 unspecified atom stereocenters. The standard InChI is InChI=1S/C22H44O3/c1-4-7-9-10-11-12-13-14-15-16-17-19-24-22(23)25-20-21(6-3)18-8-5-2/h21H,4-20H2,1-3H3. The molecule has 1 atom stereocenters. The van der Waals surface area contributed by atoms with Crippen LogP contribution < -0.4 is 0 Å². The average molecular weight is 357 g/mol. The van der Waals surface area contributed by atoms with Gasteiger partial charge in [-0.15, -0.1) is 0 Å². The van der Waals surface area contributed by atoms with Crippen molar-refractivity contribution in [1.29, 1.82) is 0 Å². The molecular formula is C22H44O3. The fourth-order valence-electron chi connectivity index (χ4n) is 3.05. The molecule has 0 saturated carbocycles. The van der Waals surface area contributed by atoms with Crippen molar-refractivity contribution >= 4 is 6.16 Å². The van der Waals surface area contributed by atoms with Gasteiger partial charge in [-0.25, -0.2) is 4.79 Å². The fraction of sp³-hybridized carbons (Fsp3) is 0.955. The second-order valence-corrected chi connectivity index (χ2v) is 7.36. The van der Waals surface area contributed by atoms with Crippen molar-refractivity contribution in [3.05, 3.63) is 0 Å². The van der Waals surface area contributed by atoms with Crippen LogP contribution in [0.2, 0.25) is 0 Å². The Morgan fingerprint density at radius 3 is 1.72 bits per heavy atom. The van der Waals surface area contributed by atoms with Crippen molar-refractivity contribution in [1.82, 2.24) is 0 Å². The van der Waals surface area contributed by atoms with Gasteiger partial charge in [0.1, 0.15) is 0 Å². The number of ether oxygens (including phenoxy) is 2. The van der Waals surface area contributed by atoms with E-state index in [4.69, 9.17) is 9.47 Å². The van der Waals surface area contributed by atoms with Gasteiger partial charge in [0.2, 0.25) is 0 Å². The fourth-order valence-corrected chi connectivity index (χ4v) is 3.05. The third-order valence-electron chi connectivity index (χ3n) is 4.95. The van der Waals surface area contributed by atoms with E-state index in [2.05, 4.69) is 20.8 Å². The van der Waals surface area contributed by atoms with Gasteiger partial charge in [-0.3, -0.25) is 0 Å². The van der Waals surface area contributed by atoms with Gasteiger partial charge in [0.05, 0.1) is 13.2 Å². The van der Waals surface area contributed by atoms with Crippen LogP contribution in [-0.4, -0.2) is 19.4 Å². The molecular weight excluding hydrogens is 312 g/mol. The Bertz CT molecular complexity index is 278. The minimum atomic E-state index is -0.484. The minimum absolute atomic E-state index is 0.481. The zero-order chi connectivity index (χ0) is 18.6. The van der Waals surface area contributed by atoms with Gasteiger partial charge in [-0.1, -0.05) is 104 Å². The van der Waals surface area contributed by atoms with Gasteiger partial charge in [0, 0.05) is 0 Å². The average Bonchev–Trinajstić information content (AvgIpc) is 2.62. The van der Waals surface area contributed by atoms with Crippen LogP contribution in [-0.2, 0) is 9.47 Å². The van der Waals surface area contributed by atoms with Crippen molar-refractivity contribution < 1.29 is 14.3 Å². The van der Waals surface area contributed by atoms with Crippen LogP contribution in [0.1, 0.15) is 117 Å². The molecule has 150 valence electrons. The van der Waals surface area contributed by atoms with E-state index in [-0.39, 0.29) is 0 Å². The predicted molar refractivity (Wildman–Crippen MR) is 107 cm³/mol. The monoisotopic (exact) mass is 356 g/mol. The summed E-state index contributed by atoms with van der Waals surface area (Å²) in [6.45, 7) is 7.61. The normalized spacial score (nSPS) is 12.1. The van der Waals surface area contributed by atoms with Gasteiger partial charge in [-0.05, 0) is 18.8 Å². The molecule has 0 aliphatic heterocycles. The molecule has 0 saturated heterocycles. The quantitative estimate of drug-likeness (QED) is 0.187. The minimum Gasteiger partial charge on any atom is -0.434 e. The van der Waals surface area contributed by atoms with E-state index >= 15 is 0 Å². The lowest BCUT2D eigenvalue weighted by atomic mass is 10.0. The highest BCUT2D eigenvalue weighted by Gasteiger charge is 2.10. The molecule has 0 aromatic carbocycles. The molecule has 0 bridgehead atoms. The largest absolute Gasteiger partial charge is 0.508 e. The number of carbonyl (C=O) groups is 1. The molecule has 0 aromatic heterocycles. The molecule has 0 spiro atoms. The van der Waals surface area contributed by atoms with E-state index in [1.54, 1.807) is 0 Å². The highest BCUT2D eigenvalue weighted by Crippen LogP contribution is 2.13. The summed E-state index contributed by atoms with van der Waals surface area (Å²) in [6, 6.07) is 0. The summed E-state index contributed by atoms with van der Waals surface area (Å²) in [7, 11) is 0. The van der Waals surface area contributed by atoms with E-state index in [9.17, 15) is 4.79 Å². The second kappa shape index (κ2) is 19.6. The summed E-state index contributed by atoms with van der Waals surface area (Å²) >= 11 is 0. The van der Waals surface area contributed by atoms with E-state index in [1.165, 1.54) is 70.6 Å². The number of hydrogen-bond acceptors (Lipinski definition) is 3. The summed E-state index contributed by atoms with van der Waals surface area (Å²) < 4.78 is 10.4. The highest BCUT2D eigenvalue weighted by atomic mass is 16.7. The van der Waals surface area contributed by atoms with Gasteiger partial charge in [0.15, 0.2) is 0 Å². The number of rotatable bonds is 18. The zero-order valence-electron chi connectivity index (χ0n) is 17.3. The van der Waals surface area contributed by atoms with Gasteiger partial charge in [0.25, 0.3) is 0 Å². The van der Waals surface area contributed by atoms with E-state index in [0.29, 0.717) is 19.1 Å². The molecule has 25 heavy (non-hydrogen) atoms. The first-order valence-electron chi connectivity index (χ1n) is 11.0. The van der Waals surface area contributed by atoms with Crippen molar-refractivity contribution in [2.75, 3.05) is 13.2 Å². The third kappa shape index (κ3) is 17.9. The topological polar surface area (TPSA) is 35.5 Å². The van der Waals surface area contributed by atoms with Crippen LogP contribution in [0.25, 0.3) is 0 Å². The zero-order valence-corrected chi connectivity index (χ0v) is 17.3. The molecule has 3 nitrogen and oxygen atoms in total. The Morgan fingerprint density at radius 1 is 0.680 bits per heavy atom. The third-order valence-corrected chi connectivity index (χ3v) is 4.95. The summed E-state index contributed by atoms with van der Waals surface area (Å²) in [5, 5.41) is 0. The molecule has 0 rings (SSSR count). The SMILES string of the molecule is CCCCCCCCCCCCCOC(=O)OCC(CC)CCCC. The molecule has 0 radical (unpaired) electrons. The number of carbonyl (C=O) groups excluding carboxylic acids is 1. The van der Waals surface area contributed by atoms with Crippen LogP contribution in [0, 0.1) is 5.92 Å². The first-order valence-corrected chi connectivity index (χ1v) is 11.0. The number of unbranched alkanes of at least 4 members (excludes halogenated alkanes) is 11. The van der Waals surface area contributed by atoms with E-state index in [1.807, 2.05) is 0 Å². The van der Waals surface area contributed by atoms with Crippen LogP contribution >= 0.6 is 0 Å². The molecule has 0 heterocycles. The van der Waals surface area contributed by atoms with E-state index < -0.39 is 6.16 Å². The maximum Gasteiger partial charge on any atom is 0.508 e. The molecule has 0 aliphatic rings. The van der Waals surface area contributed by atoms with Crippen LogP contribution in [0.5, 0.6) is 0 Å². The smallest absolute Gasteiger partial charge is 0.434 e. The summed E-state index contributed by atoms with van der Waals surface area (Å²) in [5.74, 6) is 0.481. The lowest BCUT2D eigenvalue weighted by Gasteiger charge is -2.14. The van der Waals surface area contributed by atoms with Crippen molar-refractivity contribution in [3.63, 3.8) is 0 Å². The molecule has 0 N–H and O–H groups in total. The van der Waals surface area contributed by atoms with Crippen LogP contribution in [0.15, 0.2) is 0 Å². The van der Waals surface area contributed by atoms with Crippen molar-refractivity contribution in [3.8, 4) is 0 Å². The Kier molecular flexibility index (Phi) is 19.0. The van der Waals surface area contributed by atoms with Gasteiger partial charge < -0.3 is 9.47 Å². The Balaban J connectivity index is 3.31. The van der Waals surface area contributed by atoms with Crippen molar-refractivity contribution in [2.45, 2.75) is 117 Å². The molecule has 0 aliphatic carbocycles. The first-order chi connectivity index (χ1) is 12.2. The van der Waals surface area contributed by atoms with E-state index in [0.717, 1.165) is 25.7 Å². The maximum absolute atomic E-state index is 11.6. The van der Waals surface area contributed by atoms with Gasteiger partial charge in [-0.2, -0.15) is 0 Å². The molecule has 0 amide bonds. The first kappa shape index (κ1) is 24.3. The Hall–Kier alpha value is -0.730. The Morgan fingerprint density at radius 2 is 1.20 bits per heavy atom. The summed E-state index contributed by atoms with van der Waals surface area (Å²) in [4.78, 5) is 11.6. The Labute approximate surface area is 157 Å². The molecule has 0 aromatic rings. The summed E-state index contributed by atoms with van der Waals surface area (Å²) in [6.07, 6.45) is 18.4. The molecule has 3 heteroatoms. The number of hydrogen-bond donors (Lipinski definition) is 0. The van der Waals surface area contributed by atoms with Gasteiger partial charge >= 0.3 is 6.16 Å². The van der Waals surface area contributed by atoms with Crippen LogP contribution in [0.4, 0.5) is 4.79 Å². The predicted octanol–water partition coefficient (Wildman–Crippen LogP) is 7.67. The lowest BCUT2D eigenvalue weighted by Crippen LogP contribution is -2.15. The maximum atomic E-state index is 11.6. The second-order valence-electron chi connectivity index (χ2n) is 7.36. The molecule has 0 fully saturated rings.